The number of thioether (sulfide) groups is 1. The van der Waals surface area contributed by atoms with Crippen LogP contribution in [-0.2, 0) is 10.5 Å². The predicted octanol–water partition coefficient (Wildman–Crippen LogP) is 4.60. The molecule has 1 amide bonds. The summed E-state index contributed by atoms with van der Waals surface area (Å²) in [5.74, 6) is 1.07. The number of nitrogens with one attached hydrogen (secondary N) is 1. The Morgan fingerprint density at radius 3 is 2.64 bits per heavy atom. The summed E-state index contributed by atoms with van der Waals surface area (Å²) in [6, 6.07) is 15.8. The molecule has 3 nitrogen and oxygen atoms in total. The maximum atomic E-state index is 11.7. The zero-order valence-electron chi connectivity index (χ0n) is 11.6. The Balaban J connectivity index is 1.70. The fourth-order valence-electron chi connectivity index (χ4n) is 1.65. The second kappa shape index (κ2) is 9.12. The molecule has 0 fully saturated rings. The van der Waals surface area contributed by atoms with E-state index in [0.29, 0.717) is 5.75 Å². The monoisotopic (exact) mass is 440 g/mol. The average Bonchev–Trinajstić information content (AvgIpc) is 2.49. The summed E-state index contributed by atoms with van der Waals surface area (Å²) in [5, 5.41) is 3.95. The third-order valence-corrected chi connectivity index (χ3v) is 4.69. The van der Waals surface area contributed by atoms with Crippen LogP contribution in [-0.4, -0.2) is 17.9 Å². The standard InChI is InChI=1S/C16H14Br2N2OS/c17-14-6-4-12(5-7-14)9-19-20-16(21)11-22-10-13-2-1-3-15(18)8-13/h1-9H,10-11H2,(H,20,21). The molecule has 2 aromatic rings. The second-order valence-corrected chi connectivity index (χ2v) is 7.28. The first-order valence-electron chi connectivity index (χ1n) is 6.53. The zero-order chi connectivity index (χ0) is 15.8. The Labute approximate surface area is 150 Å². The van der Waals surface area contributed by atoms with E-state index in [0.717, 1.165) is 20.3 Å². The Bertz CT molecular complexity index is 659. The lowest BCUT2D eigenvalue weighted by Gasteiger charge is -2.02. The van der Waals surface area contributed by atoms with Crippen molar-refractivity contribution in [3.05, 3.63) is 68.6 Å². The van der Waals surface area contributed by atoms with Crippen molar-refractivity contribution in [2.75, 3.05) is 5.75 Å². The highest BCUT2D eigenvalue weighted by atomic mass is 79.9. The number of hydrazone groups is 1. The van der Waals surface area contributed by atoms with Crippen molar-refractivity contribution in [3.8, 4) is 0 Å². The quantitative estimate of drug-likeness (QED) is 0.525. The molecule has 114 valence electrons. The highest BCUT2D eigenvalue weighted by Crippen LogP contribution is 2.16. The van der Waals surface area contributed by atoms with Crippen molar-refractivity contribution in [2.24, 2.45) is 5.10 Å². The van der Waals surface area contributed by atoms with Gasteiger partial charge in [-0.15, -0.1) is 11.8 Å². The van der Waals surface area contributed by atoms with E-state index < -0.39 is 0 Å². The van der Waals surface area contributed by atoms with Crippen molar-refractivity contribution in [3.63, 3.8) is 0 Å². The molecule has 0 heterocycles. The zero-order valence-corrected chi connectivity index (χ0v) is 15.6. The van der Waals surface area contributed by atoms with Crippen molar-refractivity contribution in [1.82, 2.24) is 5.43 Å². The van der Waals surface area contributed by atoms with Crippen LogP contribution in [0.4, 0.5) is 0 Å². The van der Waals surface area contributed by atoms with Gasteiger partial charge in [-0.05, 0) is 35.4 Å². The minimum atomic E-state index is -0.103. The number of halogens is 2. The summed E-state index contributed by atoms with van der Waals surface area (Å²) in [6.45, 7) is 0. The summed E-state index contributed by atoms with van der Waals surface area (Å²) < 4.78 is 2.06. The highest BCUT2D eigenvalue weighted by molar-refractivity contribution is 9.10. The van der Waals surface area contributed by atoms with Gasteiger partial charge in [0.2, 0.25) is 5.91 Å². The lowest BCUT2D eigenvalue weighted by molar-refractivity contribution is -0.118. The Morgan fingerprint density at radius 2 is 1.91 bits per heavy atom. The van der Waals surface area contributed by atoms with E-state index in [-0.39, 0.29) is 5.91 Å². The summed E-state index contributed by atoms with van der Waals surface area (Å²) in [5.41, 5.74) is 4.65. The number of carbonyl (C=O) groups excluding carboxylic acids is 1. The molecule has 0 aliphatic carbocycles. The molecule has 0 bridgehead atoms. The van der Waals surface area contributed by atoms with Gasteiger partial charge in [0.05, 0.1) is 12.0 Å². The molecule has 0 aromatic heterocycles. The average molecular weight is 442 g/mol. The Hall–Kier alpha value is -1.11. The highest BCUT2D eigenvalue weighted by Gasteiger charge is 2.01. The number of nitrogens with zero attached hydrogens (tertiary/aromatic N) is 1. The lowest BCUT2D eigenvalue weighted by atomic mass is 10.2. The Morgan fingerprint density at radius 1 is 1.14 bits per heavy atom. The SMILES string of the molecule is O=C(CSCc1cccc(Br)c1)NN=Cc1ccc(Br)cc1. The van der Waals surface area contributed by atoms with Gasteiger partial charge in [-0.2, -0.15) is 5.10 Å². The van der Waals surface area contributed by atoms with E-state index in [2.05, 4.69) is 48.5 Å². The second-order valence-electron chi connectivity index (χ2n) is 4.47. The van der Waals surface area contributed by atoms with Gasteiger partial charge in [-0.1, -0.05) is 56.1 Å². The van der Waals surface area contributed by atoms with Crippen molar-refractivity contribution < 1.29 is 4.79 Å². The number of amides is 1. The third-order valence-electron chi connectivity index (χ3n) is 2.66. The van der Waals surface area contributed by atoms with E-state index in [1.54, 1.807) is 18.0 Å². The van der Waals surface area contributed by atoms with Gasteiger partial charge in [0.1, 0.15) is 0 Å². The van der Waals surface area contributed by atoms with Gasteiger partial charge in [-0.25, -0.2) is 5.43 Å². The fourth-order valence-corrected chi connectivity index (χ4v) is 3.13. The third kappa shape index (κ3) is 6.34. The summed E-state index contributed by atoms with van der Waals surface area (Å²) in [4.78, 5) is 11.7. The summed E-state index contributed by atoms with van der Waals surface area (Å²) >= 11 is 8.36. The van der Waals surface area contributed by atoms with E-state index in [9.17, 15) is 4.79 Å². The van der Waals surface area contributed by atoms with Gasteiger partial charge in [0, 0.05) is 14.7 Å². The minimum Gasteiger partial charge on any atom is -0.272 e. The molecule has 2 aromatic carbocycles. The van der Waals surface area contributed by atoms with Crippen LogP contribution in [0.15, 0.2) is 62.6 Å². The molecule has 0 aliphatic rings. The molecule has 0 saturated heterocycles. The summed E-state index contributed by atoms with van der Waals surface area (Å²) in [6.07, 6.45) is 1.63. The van der Waals surface area contributed by atoms with Crippen molar-refractivity contribution >= 4 is 55.7 Å². The van der Waals surface area contributed by atoms with Crippen LogP contribution in [0.5, 0.6) is 0 Å². The van der Waals surface area contributed by atoms with Crippen LogP contribution >= 0.6 is 43.6 Å². The number of hydrogen-bond acceptors (Lipinski definition) is 3. The molecule has 0 atom stereocenters. The van der Waals surface area contributed by atoms with Crippen LogP contribution in [0, 0.1) is 0 Å². The van der Waals surface area contributed by atoms with Gasteiger partial charge in [0.25, 0.3) is 0 Å². The van der Waals surface area contributed by atoms with Crippen LogP contribution in [0.3, 0.4) is 0 Å². The first-order chi connectivity index (χ1) is 10.6. The fraction of sp³-hybridized carbons (Fsp3) is 0.125. The summed E-state index contributed by atoms with van der Waals surface area (Å²) in [7, 11) is 0. The molecule has 0 radical (unpaired) electrons. The Kier molecular flexibility index (Phi) is 7.15. The molecule has 2 rings (SSSR count). The van der Waals surface area contributed by atoms with Crippen molar-refractivity contribution in [2.45, 2.75) is 5.75 Å². The normalized spacial score (nSPS) is 10.8. The number of benzene rings is 2. The van der Waals surface area contributed by atoms with Gasteiger partial charge in [-0.3, -0.25) is 4.79 Å². The first kappa shape index (κ1) is 17.2. The van der Waals surface area contributed by atoms with Gasteiger partial charge in [0.15, 0.2) is 0 Å². The van der Waals surface area contributed by atoms with Crippen LogP contribution < -0.4 is 5.43 Å². The maximum absolute atomic E-state index is 11.7. The maximum Gasteiger partial charge on any atom is 0.250 e. The van der Waals surface area contributed by atoms with Gasteiger partial charge < -0.3 is 0 Å². The molecule has 1 N–H and O–H groups in total. The molecule has 0 spiro atoms. The van der Waals surface area contributed by atoms with E-state index in [1.807, 2.05) is 42.5 Å². The van der Waals surface area contributed by atoms with Crippen molar-refractivity contribution in [1.29, 1.82) is 0 Å². The van der Waals surface area contributed by atoms with E-state index in [1.165, 1.54) is 5.56 Å². The largest absolute Gasteiger partial charge is 0.272 e. The van der Waals surface area contributed by atoms with Crippen LogP contribution in [0.1, 0.15) is 11.1 Å². The molecule has 0 saturated carbocycles. The van der Waals surface area contributed by atoms with E-state index in [4.69, 9.17) is 0 Å². The first-order valence-corrected chi connectivity index (χ1v) is 9.27. The van der Waals surface area contributed by atoms with Crippen LogP contribution in [0.25, 0.3) is 0 Å². The molecule has 22 heavy (non-hydrogen) atoms. The minimum absolute atomic E-state index is 0.103. The van der Waals surface area contributed by atoms with Gasteiger partial charge >= 0.3 is 0 Å². The van der Waals surface area contributed by atoms with E-state index >= 15 is 0 Å². The molecule has 0 unspecified atom stereocenters. The lowest BCUT2D eigenvalue weighted by Crippen LogP contribution is -2.19. The number of carbonyl (C=O) groups is 1. The smallest absolute Gasteiger partial charge is 0.250 e. The van der Waals surface area contributed by atoms with Crippen LogP contribution in [0.2, 0.25) is 0 Å². The molecular weight excluding hydrogens is 428 g/mol. The molecule has 6 heteroatoms. The molecular formula is C16H14Br2N2OS. The number of rotatable bonds is 6. The topological polar surface area (TPSA) is 41.5 Å². The number of hydrogen-bond donors (Lipinski definition) is 1. The predicted molar refractivity (Wildman–Crippen MR) is 100 cm³/mol. The molecule has 0 aliphatic heterocycles.